The average Bonchev–Trinajstić information content (AvgIpc) is 1.56. The molecule has 6 bridgehead atoms. The second-order valence-electron chi connectivity index (χ2n) is 30.3. The number of rotatable bonds is 29. The molecule has 0 aliphatic carbocycles. The maximum absolute atomic E-state index is 15.4. The molecule has 0 saturated carbocycles. The van der Waals surface area contributed by atoms with E-state index in [9.17, 15) is 38.7 Å². The van der Waals surface area contributed by atoms with E-state index in [1.54, 1.807) is 58.0 Å². The van der Waals surface area contributed by atoms with Crippen molar-refractivity contribution in [1.82, 2.24) is 87.6 Å². The highest BCUT2D eigenvalue weighted by molar-refractivity contribution is 8.44. The van der Waals surface area contributed by atoms with Crippen LogP contribution in [0.1, 0.15) is 95.0 Å². The van der Waals surface area contributed by atoms with Crippen molar-refractivity contribution in [1.29, 1.82) is 0 Å². The van der Waals surface area contributed by atoms with Gasteiger partial charge >= 0.3 is 39.9 Å². The number of thiol groups is 1. The van der Waals surface area contributed by atoms with E-state index in [0.717, 1.165) is 6.33 Å². The number of phosphoric ester groups is 1. The van der Waals surface area contributed by atoms with E-state index >= 15 is 9.13 Å². The first-order valence-corrected chi connectivity index (χ1v) is 47.3. The van der Waals surface area contributed by atoms with Crippen molar-refractivity contribution in [2.75, 3.05) is 49.4 Å². The smallest absolute Gasteiger partial charge is 0.429 e. The zero-order valence-corrected chi connectivity index (χ0v) is 71.1. The predicted molar refractivity (Wildman–Crippen MR) is 429 cm³/mol. The van der Waals surface area contributed by atoms with Crippen LogP contribution in [0.5, 0.6) is 0 Å². The number of fused-ring (bicyclic) bond motifs is 10. The van der Waals surface area contributed by atoms with Gasteiger partial charge in [-0.2, -0.15) is 15.0 Å². The average molecular weight is 1850 g/mol. The van der Waals surface area contributed by atoms with Gasteiger partial charge in [0, 0.05) is 24.6 Å². The Morgan fingerprint density at radius 1 is 0.569 bits per heavy atom. The van der Waals surface area contributed by atoms with Crippen molar-refractivity contribution in [3.05, 3.63) is 127 Å². The van der Waals surface area contributed by atoms with Crippen molar-refractivity contribution in [2.24, 2.45) is 0 Å². The number of benzene rings is 1. The van der Waals surface area contributed by atoms with Gasteiger partial charge in [-0.3, -0.25) is 69.8 Å². The summed E-state index contributed by atoms with van der Waals surface area (Å²) in [7, 11) is -5.72. The van der Waals surface area contributed by atoms with Gasteiger partial charge in [0.15, 0.2) is 75.3 Å². The number of ether oxygens (including phenoxy) is 10. The summed E-state index contributed by atoms with van der Waals surface area (Å²) in [6.45, 7) is -8.12. The van der Waals surface area contributed by atoms with E-state index in [1.165, 1.54) is 68.2 Å². The minimum atomic E-state index is -5.72. The largest absolute Gasteiger partial charge is 0.509 e. The van der Waals surface area contributed by atoms with Crippen molar-refractivity contribution >= 4 is 138 Å². The third-order valence-corrected chi connectivity index (χ3v) is 28.5. The molecule has 0 radical (unpaired) electrons. The highest BCUT2D eigenvalue weighted by Crippen LogP contribution is 2.65. The summed E-state index contributed by atoms with van der Waals surface area (Å²) >= 11 is 15.9. The van der Waals surface area contributed by atoms with Crippen LogP contribution in [0.4, 0.5) is 28.3 Å². The van der Waals surface area contributed by atoms with Gasteiger partial charge < -0.3 is 104 Å². The molecule has 10 aromatic rings. The summed E-state index contributed by atoms with van der Waals surface area (Å²) in [4.78, 5) is 153. The van der Waals surface area contributed by atoms with Gasteiger partial charge in [-0.15, -0.1) is 0 Å². The Hall–Kier alpha value is -8.48. The Balaban J connectivity index is 0.623. The molecule has 17 heterocycles. The fourth-order valence-electron chi connectivity index (χ4n) is 16.8. The molecule has 57 heteroatoms. The Kier molecular flexibility index (Phi) is 22.1. The predicted octanol–water partition coefficient (Wildman–Crippen LogP) is 2.48. The van der Waals surface area contributed by atoms with E-state index in [-0.39, 0.29) is 93.5 Å². The number of aromatic nitrogens is 18. The number of aryl methyl sites for hydroxylation is 2. The first kappa shape index (κ1) is 85.3. The molecule has 8 aliphatic rings. The number of aromatic amines is 3. The number of anilines is 4. The van der Waals surface area contributed by atoms with Crippen molar-refractivity contribution in [2.45, 2.75) is 195 Å². The van der Waals surface area contributed by atoms with Crippen molar-refractivity contribution < 1.29 is 112 Å². The number of nitrogens with one attached hydrogen (secondary N) is 3. The van der Waals surface area contributed by atoms with Crippen LogP contribution >= 0.6 is 40.3 Å². The topological polar surface area (TPSA) is 651 Å². The summed E-state index contributed by atoms with van der Waals surface area (Å²) in [6.07, 6.45) is -16.7. The number of carbonyl (C=O) groups excluding carboxylic acids is 1. The van der Waals surface area contributed by atoms with Gasteiger partial charge in [0.1, 0.15) is 96.5 Å². The second-order valence-corrected chi connectivity index (χ2v) is 40.1. The van der Waals surface area contributed by atoms with E-state index < -0.39 is 210 Å². The van der Waals surface area contributed by atoms with Crippen LogP contribution in [0.15, 0.2) is 87.3 Å². The molecular weight excluding hydrogens is 1770 g/mol. The number of nitrogens with zero attached hydrogens (tertiary/aromatic N) is 15. The van der Waals surface area contributed by atoms with Crippen molar-refractivity contribution in [3.8, 4) is 0 Å². The zero-order chi connectivity index (χ0) is 86.7. The first-order valence-electron chi connectivity index (χ1n) is 37.9. The third-order valence-electron chi connectivity index (χ3n) is 22.8. The molecule has 18 rings (SSSR count). The molecule has 0 spiro atoms. The van der Waals surface area contributed by atoms with Gasteiger partial charge in [-0.25, -0.2) is 53.6 Å². The second kappa shape index (κ2) is 31.8. The number of carbonyl (C=O) groups is 1. The molecule has 1 aromatic carbocycles. The normalized spacial score (nSPS) is 32.7. The summed E-state index contributed by atoms with van der Waals surface area (Å²) in [5.74, 6) is -0.395. The molecule has 25 atom stereocenters. The number of phosphoric acid groups is 1. The Morgan fingerprint density at radius 2 is 1.07 bits per heavy atom. The lowest BCUT2D eigenvalue weighted by atomic mass is 9.94. The van der Waals surface area contributed by atoms with Gasteiger partial charge in [-0.05, 0) is 70.2 Å². The molecular formula is C66H78N22O28P4S3. The lowest BCUT2D eigenvalue weighted by molar-refractivity contribution is -0.217. The standard InChI is InChI=1S/C66H78N22O28P4S3/c1-7-32-33(13-36(107-32)84-15-26(2)48(67)79-62(84)92)113-118(96,121)100-17-35-34(14-37(108-35)85-22-74-40-52(85)80-60(69)82-55(40)90)114-119(97,122)102-20-66-29(5)105-43(58(111-66)86-23-73-38-49(68)71-21-72-50(38)86)46(66)115-117(94,95)101-18-65-28(4)106-44(59(112-65)88-25-76-41-53(88)81-61(70)83-56(41)91)47(65)116-120(98,123)103-19-64-27(3)104-42(45(64)109-63(93)99-16-31-11-9-8-10-12-31)57(110-64)87-24-75-39-51(87)77-30(6)78-54(39)89/h8-12,15,21-25,27-29,32-37,42-47,57-59H,7,13-14,16-20H2,1-6H3,(H,94,95)(H,96,121)(H,97,122)(H,98,123)(H2,67,79,92)(H2,68,71,72)(H,77,78,89)(H3,69,80,82,90)(H3,70,81,83,91)/t27-,28-,29-,32+,33+,34+,35+,36+,37+,42?,43?,44?,45+,46+,47+,57+,58+,59+,64-,65-,66-,118?,119?,120?/m0/s1. The Morgan fingerprint density at radius 3 is 1.67 bits per heavy atom. The quantitative estimate of drug-likeness (QED) is 0.0182. The van der Waals surface area contributed by atoms with E-state index in [1.807, 2.05) is 0 Å². The highest BCUT2D eigenvalue weighted by atomic mass is 32.7. The summed E-state index contributed by atoms with van der Waals surface area (Å²) in [5.41, 5.74) is 16.1. The first-order chi connectivity index (χ1) is 58.4. The minimum Gasteiger partial charge on any atom is -0.429 e. The third kappa shape index (κ3) is 15.4. The van der Waals surface area contributed by atoms with Crippen LogP contribution in [-0.2, 0) is 123 Å². The molecule has 14 N–H and O–H groups in total. The maximum Gasteiger partial charge on any atom is 0.509 e. The number of H-pyrrole nitrogens is 3. The van der Waals surface area contributed by atoms with Gasteiger partial charge in [0.2, 0.25) is 11.9 Å². The summed E-state index contributed by atoms with van der Waals surface area (Å²) < 4.78 is 151. The Bertz CT molecular complexity index is 6310. The highest BCUT2D eigenvalue weighted by Gasteiger charge is 2.73. The molecule has 0 amide bonds. The monoisotopic (exact) mass is 1850 g/mol. The van der Waals surface area contributed by atoms with E-state index in [2.05, 4.69) is 77.0 Å². The molecule has 7 unspecified atom stereocenters. The number of imidazole rings is 4. The lowest BCUT2D eigenvalue weighted by Crippen LogP contribution is -2.52. The van der Waals surface area contributed by atoms with Crippen molar-refractivity contribution in [3.63, 3.8) is 0 Å². The van der Waals surface area contributed by atoms with Crippen LogP contribution in [-0.4, -0.2) is 231 Å². The van der Waals surface area contributed by atoms with Crippen LogP contribution in [0.25, 0.3) is 44.7 Å². The molecule has 8 fully saturated rings. The van der Waals surface area contributed by atoms with Gasteiger partial charge in [0.25, 0.3) is 16.7 Å². The minimum absolute atomic E-state index is 0.0119. The fourth-order valence-corrected chi connectivity index (χ4v) is 22.2. The lowest BCUT2D eigenvalue weighted by Gasteiger charge is -2.38. The molecule has 8 saturated heterocycles. The molecule has 8 aliphatic heterocycles. The molecule has 123 heavy (non-hydrogen) atoms. The number of hydrogen-bond acceptors (Lipinski definition) is 41. The van der Waals surface area contributed by atoms with Gasteiger partial charge in [-0.1, -0.05) is 49.5 Å². The zero-order valence-electron chi connectivity index (χ0n) is 65.0. The summed E-state index contributed by atoms with van der Waals surface area (Å²) in [6, 6.07) is 8.73. The number of nitrogen functional groups attached to an aromatic ring is 4. The van der Waals surface area contributed by atoms with Crippen LogP contribution in [0, 0.1) is 13.8 Å². The SMILES string of the molecule is CC[C@H]1O[C@@H](n2cc(C)c(N)nc2=O)C[C@H]1OP(O)(=S)OC[C@H]1O[C@@H](n2cnc3c(=O)[nH]c(N)nc32)C[C@H]1OP(=O)(S)OC[C@]12O[C@@H](n3cnc4c(N)ncnc43)C(O[C@H]1C)[C@H]2OP(=O)(O)OC[C@]12O[C@@H](n3cnc4c(=O)[nH]c(N)nc43)C(O[C@H]1C)[C@H]2OP(O)(=S)OC[C@]12O[C@@H](n3cnc4c(=O)[nH]c(C)nc43)C(O[C@H]1C)[C@H]2OC(=O)OCc1ccccc1. The summed E-state index contributed by atoms with van der Waals surface area (Å²) in [5, 5.41) is 0. The van der Waals surface area contributed by atoms with Crippen LogP contribution < -0.4 is 45.3 Å². The molecule has 50 nitrogen and oxygen atoms in total. The van der Waals surface area contributed by atoms with Crippen LogP contribution in [0.3, 0.4) is 0 Å². The number of hydrogen-bond donors (Lipinski definition) is 11. The van der Waals surface area contributed by atoms with Gasteiger partial charge in [0.05, 0.1) is 82.3 Å². The fraction of sp³-hybridized carbons (Fsp3) is 0.530. The van der Waals surface area contributed by atoms with E-state index in [4.69, 9.17) is 130 Å². The van der Waals surface area contributed by atoms with E-state index in [0.29, 0.717) is 17.5 Å². The Labute approximate surface area is 705 Å². The molecule has 658 valence electrons. The van der Waals surface area contributed by atoms with Crippen LogP contribution in [0.2, 0.25) is 0 Å². The maximum atomic E-state index is 15.4. The molecule has 9 aromatic heterocycles. The number of nitrogens with two attached hydrogens (primary N) is 4.